The molecule has 8 heteroatoms. The second-order valence-electron chi connectivity index (χ2n) is 7.45. The Morgan fingerprint density at radius 2 is 1.96 bits per heavy atom. The number of fused-ring (bicyclic) bond motifs is 1. The van der Waals surface area contributed by atoms with Gasteiger partial charge in [0.25, 0.3) is 0 Å². The van der Waals surface area contributed by atoms with Crippen LogP contribution in [0.2, 0.25) is 0 Å². The van der Waals surface area contributed by atoms with Crippen LogP contribution in [0.4, 0.5) is 0 Å². The average molecular weight is 380 g/mol. The molecule has 1 heterocycles. The van der Waals surface area contributed by atoms with Crippen LogP contribution in [0.3, 0.4) is 0 Å². The van der Waals surface area contributed by atoms with E-state index in [9.17, 15) is 13.2 Å². The average Bonchev–Trinajstić information content (AvgIpc) is 2.90. The summed E-state index contributed by atoms with van der Waals surface area (Å²) < 4.78 is 26.6. The van der Waals surface area contributed by atoms with Crippen LogP contribution in [-0.4, -0.2) is 46.3 Å². The zero-order valence-corrected chi connectivity index (χ0v) is 15.8. The molecule has 0 spiro atoms. The first-order valence-electron chi connectivity index (χ1n) is 8.98. The maximum absolute atomic E-state index is 12.6. The summed E-state index contributed by atoms with van der Waals surface area (Å²) in [6.45, 7) is 2.39. The van der Waals surface area contributed by atoms with Crippen molar-refractivity contribution in [2.24, 2.45) is 17.3 Å². The fraction of sp³-hybridized carbons (Fsp3) is 0.938. The number of rotatable bonds is 7. The first-order chi connectivity index (χ1) is 11.0. The third-order valence-electron chi connectivity index (χ3n) is 5.96. The van der Waals surface area contributed by atoms with Gasteiger partial charge in [0.1, 0.15) is 0 Å². The molecule has 1 amide bonds. The van der Waals surface area contributed by atoms with E-state index in [4.69, 9.17) is 0 Å². The Balaban J connectivity index is 0.00000208. The quantitative estimate of drug-likeness (QED) is 0.616. The highest BCUT2D eigenvalue weighted by Crippen LogP contribution is 2.43. The van der Waals surface area contributed by atoms with E-state index in [1.165, 1.54) is 12.8 Å². The van der Waals surface area contributed by atoms with Crippen LogP contribution in [-0.2, 0) is 14.8 Å². The first-order valence-corrected chi connectivity index (χ1v) is 10.6. The van der Waals surface area contributed by atoms with Gasteiger partial charge in [-0.1, -0.05) is 19.3 Å². The van der Waals surface area contributed by atoms with E-state index >= 15 is 0 Å². The Kier molecular flexibility index (Phi) is 6.93. The molecular weight excluding hydrogens is 350 g/mol. The standard InChI is InChI=1S/C16H29N3O3S.ClH/c20-15(16-7-2-1-6-14(16)11-17-12-16)18-8-9-23(21,22)19-10-13-4-3-5-13;/h13-14,17,19H,1-12H2,(H,18,20);1H/t14-,16+;/m0./s1. The maximum Gasteiger partial charge on any atom is 0.227 e. The van der Waals surface area contributed by atoms with Crippen LogP contribution in [0.5, 0.6) is 0 Å². The maximum atomic E-state index is 12.6. The molecule has 3 N–H and O–H groups in total. The molecular formula is C16H30ClN3O3S. The molecule has 0 radical (unpaired) electrons. The summed E-state index contributed by atoms with van der Waals surface area (Å²) >= 11 is 0. The van der Waals surface area contributed by atoms with Crippen molar-refractivity contribution in [1.82, 2.24) is 15.4 Å². The number of amides is 1. The minimum absolute atomic E-state index is 0. The molecule has 3 fully saturated rings. The molecule has 3 aliphatic rings. The van der Waals surface area contributed by atoms with Crippen molar-refractivity contribution >= 4 is 28.3 Å². The SMILES string of the molecule is Cl.O=C(NCCS(=O)(=O)NCC1CCC1)[C@@]12CCCC[C@H]1CNC2. The molecule has 24 heavy (non-hydrogen) atoms. The fourth-order valence-electron chi connectivity index (χ4n) is 4.18. The molecule has 0 aromatic carbocycles. The molecule has 0 bridgehead atoms. The Bertz CT molecular complexity index is 539. The molecule has 3 rings (SSSR count). The zero-order valence-electron chi connectivity index (χ0n) is 14.2. The molecule has 1 aliphatic heterocycles. The second kappa shape index (κ2) is 8.34. The fourth-order valence-corrected chi connectivity index (χ4v) is 5.18. The van der Waals surface area contributed by atoms with Gasteiger partial charge >= 0.3 is 0 Å². The summed E-state index contributed by atoms with van der Waals surface area (Å²) in [4.78, 5) is 12.6. The van der Waals surface area contributed by atoms with Crippen LogP contribution in [0.15, 0.2) is 0 Å². The smallest absolute Gasteiger partial charge is 0.227 e. The van der Waals surface area contributed by atoms with Crippen molar-refractivity contribution in [2.45, 2.75) is 44.9 Å². The van der Waals surface area contributed by atoms with E-state index in [0.717, 1.165) is 45.2 Å². The van der Waals surface area contributed by atoms with Gasteiger partial charge in [-0.3, -0.25) is 4.79 Å². The second-order valence-corrected chi connectivity index (χ2v) is 9.38. The molecule has 2 aliphatic carbocycles. The lowest BCUT2D eigenvalue weighted by Crippen LogP contribution is -2.49. The topological polar surface area (TPSA) is 87.3 Å². The van der Waals surface area contributed by atoms with Gasteiger partial charge in [-0.05, 0) is 44.1 Å². The van der Waals surface area contributed by atoms with E-state index in [2.05, 4.69) is 15.4 Å². The number of carbonyl (C=O) groups is 1. The Hall–Kier alpha value is -0.370. The Labute approximate surface area is 151 Å². The lowest BCUT2D eigenvalue weighted by molar-refractivity contribution is -0.133. The lowest BCUT2D eigenvalue weighted by atomic mass is 9.67. The summed E-state index contributed by atoms with van der Waals surface area (Å²) in [7, 11) is -3.28. The summed E-state index contributed by atoms with van der Waals surface area (Å²) in [5.41, 5.74) is -0.304. The Morgan fingerprint density at radius 3 is 2.67 bits per heavy atom. The van der Waals surface area contributed by atoms with Gasteiger partial charge in [0.15, 0.2) is 0 Å². The third-order valence-corrected chi connectivity index (χ3v) is 7.31. The lowest BCUT2D eigenvalue weighted by Gasteiger charge is -2.37. The molecule has 2 atom stereocenters. The minimum Gasteiger partial charge on any atom is -0.354 e. The van der Waals surface area contributed by atoms with Crippen molar-refractivity contribution < 1.29 is 13.2 Å². The zero-order chi connectivity index (χ0) is 16.3. The van der Waals surface area contributed by atoms with Crippen molar-refractivity contribution in [3.8, 4) is 0 Å². The summed E-state index contributed by atoms with van der Waals surface area (Å²) in [5.74, 6) is 0.927. The van der Waals surface area contributed by atoms with Crippen molar-refractivity contribution in [1.29, 1.82) is 0 Å². The highest BCUT2D eigenvalue weighted by atomic mass is 35.5. The number of halogens is 1. The summed E-state index contributed by atoms with van der Waals surface area (Å²) in [6.07, 6.45) is 7.75. The number of hydrogen-bond donors (Lipinski definition) is 3. The van der Waals surface area contributed by atoms with E-state index < -0.39 is 10.0 Å². The van der Waals surface area contributed by atoms with Gasteiger partial charge in [-0.25, -0.2) is 13.1 Å². The summed E-state index contributed by atoms with van der Waals surface area (Å²) in [6, 6.07) is 0. The molecule has 0 unspecified atom stereocenters. The normalized spacial score (nSPS) is 30.1. The van der Waals surface area contributed by atoms with Crippen LogP contribution in [0.25, 0.3) is 0 Å². The van der Waals surface area contributed by atoms with Gasteiger partial charge in [0, 0.05) is 19.6 Å². The van der Waals surface area contributed by atoms with Crippen LogP contribution < -0.4 is 15.4 Å². The minimum atomic E-state index is -3.28. The van der Waals surface area contributed by atoms with Crippen molar-refractivity contribution in [3.63, 3.8) is 0 Å². The van der Waals surface area contributed by atoms with E-state index in [1.54, 1.807) is 0 Å². The number of nitrogens with one attached hydrogen (secondary N) is 3. The third kappa shape index (κ3) is 4.42. The highest BCUT2D eigenvalue weighted by Gasteiger charge is 2.49. The van der Waals surface area contributed by atoms with Gasteiger partial charge in [-0.15, -0.1) is 12.4 Å². The molecule has 6 nitrogen and oxygen atoms in total. The largest absolute Gasteiger partial charge is 0.354 e. The van der Waals surface area contributed by atoms with Gasteiger partial charge in [0.2, 0.25) is 15.9 Å². The predicted molar refractivity (Wildman–Crippen MR) is 96.6 cm³/mol. The van der Waals surface area contributed by atoms with E-state index in [-0.39, 0.29) is 36.0 Å². The van der Waals surface area contributed by atoms with Gasteiger partial charge < -0.3 is 10.6 Å². The Morgan fingerprint density at radius 1 is 1.17 bits per heavy atom. The van der Waals surface area contributed by atoms with Crippen molar-refractivity contribution in [3.05, 3.63) is 0 Å². The monoisotopic (exact) mass is 379 g/mol. The number of sulfonamides is 1. The molecule has 140 valence electrons. The van der Waals surface area contributed by atoms with Crippen LogP contribution >= 0.6 is 12.4 Å². The summed E-state index contributed by atoms with van der Waals surface area (Å²) in [5, 5.41) is 6.24. The number of carbonyl (C=O) groups excluding carboxylic acids is 1. The van der Waals surface area contributed by atoms with E-state index in [0.29, 0.717) is 18.4 Å². The van der Waals surface area contributed by atoms with Crippen LogP contribution in [0.1, 0.15) is 44.9 Å². The molecule has 0 aromatic rings. The molecule has 1 saturated heterocycles. The van der Waals surface area contributed by atoms with E-state index in [1.807, 2.05) is 0 Å². The molecule has 2 saturated carbocycles. The van der Waals surface area contributed by atoms with Crippen molar-refractivity contribution in [2.75, 3.05) is 31.9 Å². The highest BCUT2D eigenvalue weighted by molar-refractivity contribution is 7.89. The van der Waals surface area contributed by atoms with Gasteiger partial charge in [-0.2, -0.15) is 0 Å². The van der Waals surface area contributed by atoms with Gasteiger partial charge in [0.05, 0.1) is 11.2 Å². The number of hydrogen-bond acceptors (Lipinski definition) is 4. The molecule has 0 aromatic heterocycles. The van der Waals surface area contributed by atoms with Crippen LogP contribution in [0, 0.1) is 17.3 Å². The predicted octanol–water partition coefficient (Wildman–Crippen LogP) is 1.02. The first kappa shape index (κ1) is 19.9.